The van der Waals surface area contributed by atoms with Gasteiger partial charge in [0.15, 0.2) is 0 Å². The first kappa shape index (κ1) is 34.3. The summed E-state index contributed by atoms with van der Waals surface area (Å²) in [5, 5.41) is 2.35. The van der Waals surface area contributed by atoms with Crippen molar-refractivity contribution in [2.24, 2.45) is 0 Å². The Balaban J connectivity index is 0.00000400. The quantitative estimate of drug-likeness (QED) is 0.148. The standard InChI is InChI=1S/C47H36N4O.Pt/c1-33-34(2)49(31-48(33)3)38-20-12-22-40(29-38)52-41-23-13-21-39(30-41)50-32-51(47-44-24-11-10-19-37(44)27-28-45(47)50)46-42(35-15-6-4-7-16-35)25-14-26-43(46)36-17-8-5-9-18-36;/h4-28,31-32H,1-3H3;/q-4;+4. The van der Waals surface area contributed by atoms with Crippen molar-refractivity contribution in [3.63, 3.8) is 0 Å². The van der Waals surface area contributed by atoms with Gasteiger partial charge in [0.2, 0.25) is 0 Å². The zero-order valence-corrected chi connectivity index (χ0v) is 31.9. The van der Waals surface area contributed by atoms with E-state index in [1.54, 1.807) is 0 Å². The SMILES string of the molecule is CC1=C(C)N(c2[c-]c(Oc3[c-]c(N4[CH-]N(c5c(-c6ccccc6)cccc5-c5ccccc5)c5c4ccc4ccccc54)ccc3)ccc2)[CH-]N1C.[Pt+4]. The van der Waals surface area contributed by atoms with Crippen molar-refractivity contribution in [3.05, 3.63) is 189 Å². The van der Waals surface area contributed by atoms with Crippen molar-refractivity contribution < 1.29 is 25.8 Å². The number of allylic oxidation sites excluding steroid dienone is 2. The van der Waals surface area contributed by atoms with Gasteiger partial charge in [-0.15, -0.1) is 54.4 Å². The van der Waals surface area contributed by atoms with Crippen LogP contribution in [0.25, 0.3) is 33.0 Å². The summed E-state index contributed by atoms with van der Waals surface area (Å²) in [6.45, 7) is 8.51. The second kappa shape index (κ2) is 14.3. The molecule has 6 heteroatoms. The molecule has 0 unspecified atom stereocenters. The third-order valence-electron chi connectivity index (χ3n) is 10.0. The first-order valence-corrected chi connectivity index (χ1v) is 17.5. The van der Waals surface area contributed by atoms with Gasteiger partial charge in [0.05, 0.1) is 0 Å². The van der Waals surface area contributed by atoms with Crippen LogP contribution in [0, 0.1) is 25.5 Å². The number of benzene rings is 7. The molecule has 0 saturated carbocycles. The third-order valence-corrected chi connectivity index (χ3v) is 10.0. The molecule has 0 saturated heterocycles. The minimum atomic E-state index is 0. The Morgan fingerprint density at radius 2 is 1.06 bits per heavy atom. The molecule has 9 rings (SSSR count). The molecule has 0 aliphatic carbocycles. The third kappa shape index (κ3) is 6.26. The van der Waals surface area contributed by atoms with Crippen LogP contribution in [0.2, 0.25) is 0 Å². The molecule has 260 valence electrons. The molecule has 0 spiro atoms. The molecule has 2 aliphatic heterocycles. The minimum absolute atomic E-state index is 0. The summed E-state index contributed by atoms with van der Waals surface area (Å²) in [6, 6.07) is 60.0. The largest absolute Gasteiger partial charge is 4.00 e. The van der Waals surface area contributed by atoms with Crippen LogP contribution >= 0.6 is 0 Å². The van der Waals surface area contributed by atoms with Crippen molar-refractivity contribution >= 4 is 39.2 Å². The summed E-state index contributed by atoms with van der Waals surface area (Å²) in [4.78, 5) is 8.83. The van der Waals surface area contributed by atoms with Crippen LogP contribution in [-0.4, -0.2) is 11.9 Å². The van der Waals surface area contributed by atoms with E-state index in [9.17, 15) is 0 Å². The zero-order valence-electron chi connectivity index (χ0n) is 29.6. The smallest absolute Gasteiger partial charge is 0.509 e. The number of hydrogen-bond donors (Lipinski definition) is 0. The first-order chi connectivity index (χ1) is 25.5. The van der Waals surface area contributed by atoms with Crippen molar-refractivity contribution in [1.82, 2.24) is 4.90 Å². The van der Waals surface area contributed by atoms with Gasteiger partial charge in [0.1, 0.15) is 0 Å². The molecule has 0 fully saturated rings. The monoisotopic (exact) mass is 867 g/mol. The number of para-hydroxylation sites is 1. The van der Waals surface area contributed by atoms with Crippen LogP contribution in [-0.2, 0) is 21.1 Å². The van der Waals surface area contributed by atoms with Gasteiger partial charge in [0.25, 0.3) is 0 Å². The molecule has 2 aliphatic rings. The Morgan fingerprint density at radius 3 is 1.66 bits per heavy atom. The van der Waals surface area contributed by atoms with Gasteiger partial charge in [-0.1, -0.05) is 109 Å². The van der Waals surface area contributed by atoms with E-state index in [1.807, 2.05) is 30.3 Å². The average Bonchev–Trinajstić information content (AvgIpc) is 3.71. The molecule has 0 bridgehead atoms. The molecule has 5 nitrogen and oxygen atoms in total. The Labute approximate surface area is 326 Å². The number of nitrogens with zero attached hydrogens (tertiary/aromatic N) is 4. The number of hydrogen-bond acceptors (Lipinski definition) is 5. The number of anilines is 5. The van der Waals surface area contributed by atoms with E-state index in [0.717, 1.165) is 56.4 Å². The number of ether oxygens (including phenoxy) is 1. The van der Waals surface area contributed by atoms with E-state index in [-0.39, 0.29) is 21.1 Å². The van der Waals surface area contributed by atoms with Crippen LogP contribution in [0.5, 0.6) is 11.5 Å². The summed E-state index contributed by atoms with van der Waals surface area (Å²) in [6.07, 6.45) is 0. The zero-order chi connectivity index (χ0) is 35.2. The average molecular weight is 868 g/mol. The molecule has 7 aromatic rings. The van der Waals surface area contributed by atoms with Gasteiger partial charge in [-0.25, -0.2) is 0 Å². The Kier molecular flexibility index (Phi) is 9.28. The maximum absolute atomic E-state index is 6.46. The van der Waals surface area contributed by atoms with Crippen LogP contribution in [0.3, 0.4) is 0 Å². The van der Waals surface area contributed by atoms with Crippen molar-refractivity contribution in [3.8, 4) is 33.8 Å². The molecule has 7 aromatic carbocycles. The molecule has 0 atom stereocenters. The molecule has 0 N–H and O–H groups in total. The maximum atomic E-state index is 6.46. The van der Waals surface area contributed by atoms with Crippen molar-refractivity contribution in [1.29, 1.82) is 0 Å². The van der Waals surface area contributed by atoms with Crippen LogP contribution in [0.15, 0.2) is 163 Å². The van der Waals surface area contributed by atoms with E-state index in [1.165, 1.54) is 16.5 Å². The number of fused-ring (bicyclic) bond motifs is 3. The fourth-order valence-corrected chi connectivity index (χ4v) is 7.20. The fraction of sp³-hybridized carbons (Fsp3) is 0.0638. The van der Waals surface area contributed by atoms with Gasteiger partial charge in [0, 0.05) is 50.8 Å². The van der Waals surface area contributed by atoms with E-state index in [4.69, 9.17) is 4.74 Å². The first-order valence-electron chi connectivity index (χ1n) is 17.5. The van der Waals surface area contributed by atoms with Crippen molar-refractivity contribution in [2.45, 2.75) is 13.8 Å². The summed E-state index contributed by atoms with van der Waals surface area (Å²) in [5.41, 5.74) is 12.1. The van der Waals surface area contributed by atoms with Gasteiger partial charge >= 0.3 is 21.1 Å². The topological polar surface area (TPSA) is 22.2 Å². The molecule has 0 amide bonds. The van der Waals surface area contributed by atoms with Gasteiger partial charge in [-0.3, -0.25) is 0 Å². The van der Waals surface area contributed by atoms with Crippen LogP contribution in [0.1, 0.15) is 13.8 Å². The minimum Gasteiger partial charge on any atom is -0.509 e. The van der Waals surface area contributed by atoms with E-state index >= 15 is 0 Å². The summed E-state index contributed by atoms with van der Waals surface area (Å²) in [5.74, 6) is 1.24. The van der Waals surface area contributed by atoms with Crippen LogP contribution in [0.4, 0.5) is 28.4 Å². The summed E-state index contributed by atoms with van der Waals surface area (Å²) in [7, 11) is 2.06. The van der Waals surface area contributed by atoms with Gasteiger partial charge < -0.3 is 24.3 Å². The number of rotatable bonds is 7. The Hall–Kier alpha value is -5.77. The predicted molar refractivity (Wildman–Crippen MR) is 213 cm³/mol. The predicted octanol–water partition coefficient (Wildman–Crippen LogP) is 12.1. The molecular formula is C47H36N4OPt. The van der Waals surface area contributed by atoms with E-state index in [2.05, 4.69) is 187 Å². The molecule has 2 heterocycles. The second-order valence-corrected chi connectivity index (χ2v) is 13.1. The second-order valence-electron chi connectivity index (χ2n) is 13.1. The fourth-order valence-electron chi connectivity index (χ4n) is 7.20. The molecular weight excluding hydrogens is 832 g/mol. The summed E-state index contributed by atoms with van der Waals surface area (Å²) >= 11 is 0. The van der Waals surface area contributed by atoms with Crippen molar-refractivity contribution in [2.75, 3.05) is 21.7 Å². The molecule has 0 aromatic heterocycles. The van der Waals surface area contributed by atoms with E-state index in [0.29, 0.717) is 11.5 Å². The van der Waals surface area contributed by atoms with Gasteiger partial charge in [-0.05, 0) is 49.2 Å². The summed E-state index contributed by atoms with van der Waals surface area (Å²) < 4.78 is 6.46. The molecule has 0 radical (unpaired) electrons. The molecule has 53 heavy (non-hydrogen) atoms. The Bertz CT molecular complexity index is 2410. The van der Waals surface area contributed by atoms with E-state index < -0.39 is 0 Å². The Morgan fingerprint density at radius 1 is 0.491 bits per heavy atom. The maximum Gasteiger partial charge on any atom is 4.00 e. The normalized spacial score (nSPS) is 13.8. The van der Waals surface area contributed by atoms with Gasteiger partial charge in [-0.2, -0.15) is 18.8 Å². The van der Waals surface area contributed by atoms with Crippen LogP contribution < -0.4 is 19.4 Å².